The van der Waals surface area contributed by atoms with Crippen molar-refractivity contribution in [2.75, 3.05) is 13.4 Å². The van der Waals surface area contributed by atoms with E-state index in [-0.39, 0.29) is 6.79 Å². The Morgan fingerprint density at radius 2 is 2.21 bits per heavy atom. The summed E-state index contributed by atoms with van der Waals surface area (Å²) in [6.07, 6.45) is 0. The zero-order valence-electron chi connectivity index (χ0n) is 7.47. The molecule has 5 heteroatoms. The molecule has 1 aliphatic heterocycles. The number of halogens is 2. The summed E-state index contributed by atoms with van der Waals surface area (Å²) >= 11 is 11.8. The van der Waals surface area contributed by atoms with E-state index in [4.69, 9.17) is 37.4 Å². The van der Waals surface area contributed by atoms with E-state index in [9.17, 15) is 0 Å². The van der Waals surface area contributed by atoms with Crippen molar-refractivity contribution < 1.29 is 14.2 Å². The first-order valence-corrected chi connectivity index (χ1v) is 4.90. The normalized spacial score (nSPS) is 13.1. The third-order valence-electron chi connectivity index (χ3n) is 1.80. The standard InChI is InChI=1S/C9H8Cl2O3/c1-2-12-9-7(11)5(10)3-6-8(9)14-4-13-6/h3H,2,4H2,1H3. The number of ether oxygens (including phenoxy) is 3. The van der Waals surface area contributed by atoms with Crippen LogP contribution in [0.2, 0.25) is 10.0 Å². The molecule has 14 heavy (non-hydrogen) atoms. The third kappa shape index (κ3) is 1.47. The predicted octanol–water partition coefficient (Wildman–Crippen LogP) is 3.12. The summed E-state index contributed by atoms with van der Waals surface area (Å²) in [5, 5.41) is 0.761. The van der Waals surface area contributed by atoms with Crippen LogP contribution < -0.4 is 14.2 Å². The molecule has 1 aromatic carbocycles. The molecule has 0 spiro atoms. The summed E-state index contributed by atoms with van der Waals surface area (Å²) in [4.78, 5) is 0. The fraction of sp³-hybridized carbons (Fsp3) is 0.333. The highest BCUT2D eigenvalue weighted by Crippen LogP contribution is 2.48. The van der Waals surface area contributed by atoms with Gasteiger partial charge < -0.3 is 14.2 Å². The second-order valence-electron chi connectivity index (χ2n) is 2.67. The molecule has 2 rings (SSSR count). The van der Waals surface area contributed by atoms with Gasteiger partial charge in [0.1, 0.15) is 5.02 Å². The van der Waals surface area contributed by atoms with Crippen LogP contribution >= 0.6 is 23.2 Å². The van der Waals surface area contributed by atoms with Crippen molar-refractivity contribution in [1.82, 2.24) is 0 Å². The van der Waals surface area contributed by atoms with Crippen LogP contribution in [0.5, 0.6) is 17.2 Å². The lowest BCUT2D eigenvalue weighted by Crippen LogP contribution is -1.96. The Labute approximate surface area is 91.5 Å². The Hall–Kier alpha value is -0.800. The second kappa shape index (κ2) is 3.75. The zero-order chi connectivity index (χ0) is 10.1. The lowest BCUT2D eigenvalue weighted by molar-refractivity contribution is 0.170. The van der Waals surface area contributed by atoms with Gasteiger partial charge in [0.05, 0.1) is 11.6 Å². The Morgan fingerprint density at radius 3 is 2.93 bits per heavy atom. The minimum absolute atomic E-state index is 0.173. The van der Waals surface area contributed by atoms with Crippen molar-refractivity contribution in [3.8, 4) is 17.2 Å². The van der Waals surface area contributed by atoms with Crippen molar-refractivity contribution in [3.05, 3.63) is 16.1 Å². The van der Waals surface area contributed by atoms with Crippen LogP contribution in [0, 0.1) is 0 Å². The van der Waals surface area contributed by atoms with Crippen LogP contribution in [0.3, 0.4) is 0 Å². The molecule has 0 atom stereocenters. The molecule has 0 N–H and O–H groups in total. The Kier molecular flexibility index (Phi) is 2.61. The average molecular weight is 235 g/mol. The van der Waals surface area contributed by atoms with E-state index in [0.717, 1.165) is 0 Å². The van der Waals surface area contributed by atoms with E-state index >= 15 is 0 Å². The minimum atomic E-state index is 0.173. The van der Waals surface area contributed by atoms with Gasteiger partial charge in [-0.05, 0) is 6.92 Å². The van der Waals surface area contributed by atoms with Gasteiger partial charge in [-0.15, -0.1) is 0 Å². The second-order valence-corrected chi connectivity index (χ2v) is 3.45. The third-order valence-corrected chi connectivity index (χ3v) is 2.57. The lowest BCUT2D eigenvalue weighted by Gasteiger charge is -2.09. The molecule has 0 saturated heterocycles. The SMILES string of the molecule is CCOc1c(Cl)c(Cl)cc2c1OCO2. The molecular formula is C9H8Cl2O3. The first-order valence-electron chi connectivity index (χ1n) is 4.14. The summed E-state index contributed by atoms with van der Waals surface area (Å²) in [7, 11) is 0. The number of hydrogen-bond acceptors (Lipinski definition) is 3. The van der Waals surface area contributed by atoms with Gasteiger partial charge in [0, 0.05) is 6.07 Å². The molecule has 0 bridgehead atoms. The van der Waals surface area contributed by atoms with Crippen LogP contribution in [-0.4, -0.2) is 13.4 Å². The lowest BCUT2D eigenvalue weighted by atomic mass is 10.3. The first-order chi connectivity index (χ1) is 6.74. The minimum Gasteiger partial charge on any atom is -0.488 e. The molecule has 1 aliphatic rings. The van der Waals surface area contributed by atoms with Gasteiger partial charge >= 0.3 is 0 Å². The molecule has 0 amide bonds. The molecule has 0 aromatic heterocycles. The van der Waals surface area contributed by atoms with Gasteiger partial charge in [0.25, 0.3) is 0 Å². The van der Waals surface area contributed by atoms with Crippen LogP contribution in [0.4, 0.5) is 0 Å². The number of rotatable bonds is 2. The molecule has 1 aromatic rings. The molecule has 0 fully saturated rings. The zero-order valence-corrected chi connectivity index (χ0v) is 8.98. The Morgan fingerprint density at radius 1 is 1.43 bits per heavy atom. The molecule has 0 unspecified atom stereocenters. The van der Waals surface area contributed by atoms with E-state index in [1.54, 1.807) is 6.07 Å². The van der Waals surface area contributed by atoms with Crippen LogP contribution in [0.15, 0.2) is 6.07 Å². The summed E-state index contributed by atoms with van der Waals surface area (Å²) in [5.41, 5.74) is 0. The van der Waals surface area contributed by atoms with Crippen molar-refractivity contribution in [2.24, 2.45) is 0 Å². The summed E-state index contributed by atoms with van der Waals surface area (Å²) in [6, 6.07) is 1.62. The number of hydrogen-bond donors (Lipinski definition) is 0. The van der Waals surface area contributed by atoms with Crippen molar-refractivity contribution in [2.45, 2.75) is 6.92 Å². The topological polar surface area (TPSA) is 27.7 Å². The molecule has 0 radical (unpaired) electrons. The van der Waals surface area contributed by atoms with E-state index in [0.29, 0.717) is 33.9 Å². The van der Waals surface area contributed by atoms with Gasteiger partial charge in [0.2, 0.25) is 12.5 Å². The fourth-order valence-corrected chi connectivity index (χ4v) is 1.61. The highest BCUT2D eigenvalue weighted by Gasteiger charge is 2.24. The summed E-state index contributed by atoms with van der Waals surface area (Å²) in [6.45, 7) is 2.53. The Balaban J connectivity index is 2.54. The maximum Gasteiger partial charge on any atom is 0.231 e. The molecular weight excluding hydrogens is 227 g/mol. The summed E-state index contributed by atoms with van der Waals surface area (Å²) < 4.78 is 15.7. The van der Waals surface area contributed by atoms with Gasteiger partial charge in [-0.2, -0.15) is 0 Å². The average Bonchev–Trinajstić information content (AvgIpc) is 2.60. The molecule has 0 aliphatic carbocycles. The van der Waals surface area contributed by atoms with Gasteiger partial charge in [-0.1, -0.05) is 23.2 Å². The van der Waals surface area contributed by atoms with Gasteiger partial charge in [-0.25, -0.2) is 0 Å². The van der Waals surface area contributed by atoms with Crippen molar-refractivity contribution in [1.29, 1.82) is 0 Å². The smallest absolute Gasteiger partial charge is 0.231 e. The van der Waals surface area contributed by atoms with Gasteiger partial charge in [-0.3, -0.25) is 0 Å². The summed E-state index contributed by atoms with van der Waals surface area (Å²) in [5.74, 6) is 1.55. The van der Waals surface area contributed by atoms with E-state index in [1.807, 2.05) is 6.92 Å². The van der Waals surface area contributed by atoms with Crippen molar-refractivity contribution in [3.63, 3.8) is 0 Å². The molecule has 3 nitrogen and oxygen atoms in total. The highest BCUT2D eigenvalue weighted by atomic mass is 35.5. The fourth-order valence-electron chi connectivity index (χ4n) is 1.23. The van der Waals surface area contributed by atoms with Crippen LogP contribution in [-0.2, 0) is 0 Å². The monoisotopic (exact) mass is 234 g/mol. The largest absolute Gasteiger partial charge is 0.488 e. The van der Waals surface area contributed by atoms with E-state index in [1.165, 1.54) is 0 Å². The highest BCUT2D eigenvalue weighted by molar-refractivity contribution is 6.43. The predicted molar refractivity (Wildman–Crippen MR) is 53.8 cm³/mol. The molecule has 76 valence electrons. The molecule has 1 heterocycles. The van der Waals surface area contributed by atoms with Crippen molar-refractivity contribution >= 4 is 23.2 Å². The maximum atomic E-state index is 5.96. The number of benzene rings is 1. The first kappa shape index (κ1) is 9.74. The van der Waals surface area contributed by atoms with Crippen LogP contribution in [0.25, 0.3) is 0 Å². The van der Waals surface area contributed by atoms with E-state index in [2.05, 4.69) is 0 Å². The Bertz CT molecular complexity index is 366. The maximum absolute atomic E-state index is 5.96. The van der Waals surface area contributed by atoms with Crippen LogP contribution in [0.1, 0.15) is 6.92 Å². The van der Waals surface area contributed by atoms with Gasteiger partial charge in [0.15, 0.2) is 11.5 Å². The van der Waals surface area contributed by atoms with E-state index < -0.39 is 0 Å². The quantitative estimate of drug-likeness (QED) is 0.788. The molecule has 0 saturated carbocycles. The number of fused-ring (bicyclic) bond motifs is 1.